The van der Waals surface area contributed by atoms with Gasteiger partial charge in [0.05, 0.1) is 26.0 Å². The molecule has 0 aliphatic carbocycles. The first-order chi connectivity index (χ1) is 33.2. The molecule has 1 aromatic heterocycles. The van der Waals surface area contributed by atoms with Gasteiger partial charge in [0.1, 0.15) is 11.2 Å². The van der Waals surface area contributed by atoms with Gasteiger partial charge < -0.3 is 4.42 Å². The van der Waals surface area contributed by atoms with Gasteiger partial charge in [-0.05, 0) is 101 Å². The van der Waals surface area contributed by atoms with Gasteiger partial charge in [-0.1, -0.05) is 169 Å². The molecule has 0 amide bonds. The molecular weight excluding hydrogens is 617 g/mol. The van der Waals surface area contributed by atoms with Crippen LogP contribution in [0.1, 0.15) is 26.0 Å². The van der Waals surface area contributed by atoms with E-state index in [1.165, 1.54) is 0 Å². The van der Waals surface area contributed by atoms with Crippen molar-refractivity contribution in [1.29, 1.82) is 0 Å². The van der Waals surface area contributed by atoms with Crippen molar-refractivity contribution in [3.63, 3.8) is 0 Å². The fraction of sp³-hybridized carbons (Fsp3) is 0. The Hall–Kier alpha value is -6.70. The molecule has 0 bridgehead atoms. The predicted molar refractivity (Wildman–Crippen MR) is 216 cm³/mol. The molecule has 0 N–H and O–H groups in total. The van der Waals surface area contributed by atoms with E-state index >= 15 is 0 Å². The normalized spacial score (nSPS) is 16.7. The monoisotopic (exact) mass is 667 g/mol. The third-order valence-corrected chi connectivity index (χ3v) is 8.88. The molecule has 1 heterocycles. The Balaban J connectivity index is 1.41. The van der Waals surface area contributed by atoms with E-state index in [0.717, 1.165) is 0 Å². The first kappa shape index (κ1) is 15.9. The minimum atomic E-state index is -0.820. The molecule has 0 unspecified atom stereocenters. The van der Waals surface area contributed by atoms with E-state index in [0.29, 0.717) is 16.3 Å². The molecule has 0 aliphatic heterocycles. The van der Waals surface area contributed by atoms with Crippen LogP contribution in [0.25, 0.3) is 99.1 Å². The van der Waals surface area contributed by atoms with Gasteiger partial charge in [0.15, 0.2) is 0 Å². The molecule has 1 heteroatoms. The average molecular weight is 668 g/mol. The van der Waals surface area contributed by atoms with E-state index in [4.69, 9.17) is 23.6 Å². The topological polar surface area (TPSA) is 13.1 Å². The Morgan fingerprint density at radius 1 is 0.333 bits per heavy atom. The van der Waals surface area contributed by atoms with Crippen LogP contribution in [0.15, 0.2) is 198 Å². The number of hydrogen-bond donors (Lipinski definition) is 0. The Bertz CT molecular complexity index is 3880. The number of hydrogen-bond acceptors (Lipinski definition) is 1. The summed E-state index contributed by atoms with van der Waals surface area (Å²) >= 11 is 0. The standard InChI is InChI=1S/C50H32O/c1-4-15-33(16-5-1)36-28-30-46-45(31-36)50-43(25-14-26-47(50)51-46)49-41-23-12-10-21-39(41)48(40-22-11-13-24-42(40)49)37-27-29-38(34-17-6-2-7-18-34)44(32-37)35-19-8-3-9-20-35/h1-32H/i2D,3D,6D,7D,8D,9D,14D,17D,18D,19D,20D,25D,26D,27D,28D,29D,30D,31D,32D. The first-order valence-electron chi connectivity index (χ1n) is 25.5. The molecule has 0 aliphatic rings. The lowest BCUT2D eigenvalue weighted by molar-refractivity contribution is 0.669. The Kier molecular flexibility index (Phi) is 3.74. The molecule has 0 saturated carbocycles. The highest BCUT2D eigenvalue weighted by Crippen LogP contribution is 2.48. The summed E-state index contributed by atoms with van der Waals surface area (Å²) in [6.07, 6.45) is 0. The average Bonchev–Trinajstić information content (AvgIpc) is 3.76. The highest BCUT2D eigenvalue weighted by atomic mass is 16.3. The largest absolute Gasteiger partial charge is 0.456 e. The van der Waals surface area contributed by atoms with E-state index in [2.05, 4.69) is 0 Å². The number of rotatable bonds is 5. The summed E-state index contributed by atoms with van der Waals surface area (Å²) in [4.78, 5) is 0. The van der Waals surface area contributed by atoms with Crippen molar-refractivity contribution in [2.45, 2.75) is 0 Å². The molecule has 0 atom stereocenters. The molecule has 238 valence electrons. The Morgan fingerprint density at radius 3 is 1.59 bits per heavy atom. The lowest BCUT2D eigenvalue weighted by Crippen LogP contribution is -1.93. The zero-order valence-corrected chi connectivity index (χ0v) is 26.4. The summed E-state index contributed by atoms with van der Waals surface area (Å²) in [6.45, 7) is 0. The van der Waals surface area contributed by atoms with Crippen LogP contribution in [0, 0.1) is 0 Å². The molecule has 1 nitrogen and oxygen atoms in total. The third kappa shape index (κ3) is 4.86. The van der Waals surface area contributed by atoms with Crippen LogP contribution < -0.4 is 0 Å². The highest BCUT2D eigenvalue weighted by molar-refractivity contribution is 6.26. The summed E-state index contributed by atoms with van der Waals surface area (Å²) < 4.78 is 178. The number of fused-ring (bicyclic) bond motifs is 5. The summed E-state index contributed by atoms with van der Waals surface area (Å²) in [5.41, 5.74) is -2.09. The van der Waals surface area contributed by atoms with Crippen molar-refractivity contribution < 1.29 is 30.5 Å². The molecule has 9 aromatic carbocycles. The maximum atomic E-state index is 10.1. The molecule has 51 heavy (non-hydrogen) atoms. The number of furan rings is 1. The van der Waals surface area contributed by atoms with Crippen molar-refractivity contribution in [2.24, 2.45) is 0 Å². The Labute approximate surface area is 323 Å². The van der Waals surface area contributed by atoms with E-state index in [1.807, 2.05) is 0 Å². The van der Waals surface area contributed by atoms with Crippen LogP contribution in [-0.2, 0) is 0 Å². The molecule has 10 rings (SSSR count). The second kappa shape index (κ2) is 12.0. The molecule has 0 fully saturated rings. The second-order valence-corrected chi connectivity index (χ2v) is 11.7. The van der Waals surface area contributed by atoms with Gasteiger partial charge >= 0.3 is 0 Å². The van der Waals surface area contributed by atoms with Gasteiger partial charge in [0.25, 0.3) is 0 Å². The third-order valence-electron chi connectivity index (χ3n) is 8.88. The van der Waals surface area contributed by atoms with E-state index < -0.39 is 119 Å². The van der Waals surface area contributed by atoms with Crippen molar-refractivity contribution in [2.75, 3.05) is 0 Å². The van der Waals surface area contributed by atoms with Crippen LogP contribution in [0.5, 0.6) is 0 Å². The minimum Gasteiger partial charge on any atom is -0.456 e. The van der Waals surface area contributed by atoms with Crippen molar-refractivity contribution >= 4 is 43.5 Å². The highest BCUT2D eigenvalue weighted by Gasteiger charge is 2.21. The minimum absolute atomic E-state index is 0.0244. The van der Waals surface area contributed by atoms with Gasteiger partial charge in [-0.2, -0.15) is 0 Å². The fourth-order valence-corrected chi connectivity index (χ4v) is 6.71. The molecular formula is C50H32O. The van der Waals surface area contributed by atoms with Crippen molar-refractivity contribution in [3.8, 4) is 55.6 Å². The van der Waals surface area contributed by atoms with Gasteiger partial charge in [0, 0.05) is 10.8 Å². The summed E-state index contributed by atoms with van der Waals surface area (Å²) in [5.74, 6) is 0. The van der Waals surface area contributed by atoms with E-state index in [-0.39, 0.29) is 78.7 Å². The van der Waals surface area contributed by atoms with Crippen LogP contribution in [0.2, 0.25) is 0 Å². The smallest absolute Gasteiger partial charge is 0.136 e. The van der Waals surface area contributed by atoms with Gasteiger partial charge in [-0.25, -0.2) is 0 Å². The van der Waals surface area contributed by atoms with Crippen molar-refractivity contribution in [3.05, 3.63) is 194 Å². The zero-order valence-electron chi connectivity index (χ0n) is 45.4. The zero-order chi connectivity index (χ0) is 50.3. The summed E-state index contributed by atoms with van der Waals surface area (Å²) in [6, 6.07) is 9.29. The van der Waals surface area contributed by atoms with E-state index in [9.17, 15) is 6.85 Å². The Morgan fingerprint density at radius 2 is 0.922 bits per heavy atom. The first-order valence-corrected chi connectivity index (χ1v) is 16.0. The van der Waals surface area contributed by atoms with Crippen LogP contribution in [-0.4, -0.2) is 0 Å². The number of benzene rings is 9. The fourth-order valence-electron chi connectivity index (χ4n) is 6.71. The quantitative estimate of drug-likeness (QED) is 0.167. The van der Waals surface area contributed by atoms with Crippen molar-refractivity contribution in [1.82, 2.24) is 0 Å². The second-order valence-electron chi connectivity index (χ2n) is 11.7. The van der Waals surface area contributed by atoms with Crippen LogP contribution in [0.4, 0.5) is 0 Å². The molecule has 0 saturated heterocycles. The van der Waals surface area contributed by atoms with Crippen LogP contribution >= 0.6 is 0 Å². The maximum Gasteiger partial charge on any atom is 0.136 e. The molecule has 10 aromatic rings. The molecule has 0 radical (unpaired) electrons. The predicted octanol–water partition coefficient (Wildman–Crippen LogP) is 14.2. The van der Waals surface area contributed by atoms with E-state index in [1.54, 1.807) is 78.9 Å². The van der Waals surface area contributed by atoms with Gasteiger partial charge in [0.2, 0.25) is 0 Å². The van der Waals surface area contributed by atoms with Crippen LogP contribution in [0.3, 0.4) is 0 Å². The SMILES string of the molecule is [2H]c1c([2H])c([2H])c(-c2c([2H])c([2H])c(-c3c4ccccc4c(-c4c([2H])c([2H])c([2H])c5oc6c([2H])c([2H])c(-c7ccccc7)c([2H])c6c45)c4ccccc34)c([2H])c2-c2c([2H])c([2H])c([2H])c([2H])c2[2H])c([2H])c1[2H]. The lowest BCUT2D eigenvalue weighted by atomic mass is 9.83. The summed E-state index contributed by atoms with van der Waals surface area (Å²) in [5, 5.41) is 1.32. The van der Waals surface area contributed by atoms with Gasteiger partial charge in [-0.15, -0.1) is 0 Å². The molecule has 0 spiro atoms. The summed E-state index contributed by atoms with van der Waals surface area (Å²) in [7, 11) is 0. The lowest BCUT2D eigenvalue weighted by Gasteiger charge is -2.19. The van der Waals surface area contributed by atoms with Gasteiger partial charge in [-0.3, -0.25) is 0 Å². The maximum absolute atomic E-state index is 10.1.